The van der Waals surface area contributed by atoms with Gasteiger partial charge in [0.15, 0.2) is 0 Å². The van der Waals surface area contributed by atoms with Crippen LogP contribution in [0.2, 0.25) is 5.02 Å². The van der Waals surface area contributed by atoms with Gasteiger partial charge in [-0.1, -0.05) is 30.7 Å². The maximum absolute atomic E-state index is 12.1. The molecule has 2 atom stereocenters. The molecule has 1 aromatic rings. The first-order valence-corrected chi connectivity index (χ1v) is 7.07. The fourth-order valence-corrected chi connectivity index (χ4v) is 2.80. The van der Waals surface area contributed by atoms with Crippen LogP contribution in [0, 0.1) is 0 Å². The Morgan fingerprint density at radius 2 is 2.11 bits per heavy atom. The van der Waals surface area contributed by atoms with Gasteiger partial charge in [0.1, 0.15) is 6.29 Å². The number of aldehydes is 1. The van der Waals surface area contributed by atoms with Crippen LogP contribution in [-0.4, -0.2) is 23.1 Å². The van der Waals surface area contributed by atoms with Crippen LogP contribution in [0.3, 0.4) is 0 Å². The maximum atomic E-state index is 12.1. The first-order chi connectivity index (χ1) is 9.17. The third-order valence-corrected chi connectivity index (χ3v) is 3.93. The second kappa shape index (κ2) is 6.20. The predicted octanol–water partition coefficient (Wildman–Crippen LogP) is 3.37. The molecule has 0 aliphatic carbocycles. The monoisotopic (exact) mass is 279 g/mol. The molecule has 19 heavy (non-hydrogen) atoms. The van der Waals surface area contributed by atoms with Crippen LogP contribution < -0.4 is 0 Å². The third-order valence-electron chi connectivity index (χ3n) is 3.68. The van der Waals surface area contributed by atoms with Crippen molar-refractivity contribution < 1.29 is 9.59 Å². The Kier molecular flexibility index (Phi) is 4.59. The van der Waals surface area contributed by atoms with E-state index in [1.54, 1.807) is 4.90 Å². The summed E-state index contributed by atoms with van der Waals surface area (Å²) >= 11 is 5.90. The highest BCUT2D eigenvalue weighted by molar-refractivity contribution is 6.30. The number of carbonyl (C=O) groups is 2. The molecule has 1 amide bonds. The molecule has 0 spiro atoms. The molecule has 1 saturated heterocycles. The van der Waals surface area contributed by atoms with E-state index in [2.05, 4.69) is 0 Å². The molecule has 0 N–H and O–H groups in total. The SMILES string of the molecule is CC[C@@H](C=O)N1C(=O)CCC[C@H]1c1ccc(Cl)cc1. The predicted molar refractivity (Wildman–Crippen MR) is 75.0 cm³/mol. The molecular formula is C15H18ClNO2. The molecule has 1 aliphatic heterocycles. The number of carbonyl (C=O) groups excluding carboxylic acids is 2. The standard InChI is InChI=1S/C15H18ClNO2/c1-2-13(10-18)17-14(4-3-5-15(17)19)11-6-8-12(16)9-7-11/h6-10,13-14H,2-5H2,1H3/t13-,14-/m0/s1. The summed E-state index contributed by atoms with van der Waals surface area (Å²) in [7, 11) is 0. The van der Waals surface area contributed by atoms with Crippen LogP contribution in [0.5, 0.6) is 0 Å². The molecule has 1 aromatic carbocycles. The summed E-state index contributed by atoms with van der Waals surface area (Å²) in [6, 6.07) is 7.21. The molecule has 4 heteroatoms. The molecule has 1 fully saturated rings. The summed E-state index contributed by atoms with van der Waals surface area (Å²) in [5.74, 6) is 0.0742. The molecule has 1 aliphatic rings. The highest BCUT2D eigenvalue weighted by atomic mass is 35.5. The lowest BCUT2D eigenvalue weighted by Crippen LogP contribution is -2.45. The third kappa shape index (κ3) is 2.98. The van der Waals surface area contributed by atoms with E-state index in [4.69, 9.17) is 11.6 Å². The molecular weight excluding hydrogens is 262 g/mol. The van der Waals surface area contributed by atoms with Gasteiger partial charge in [0, 0.05) is 11.4 Å². The van der Waals surface area contributed by atoms with E-state index < -0.39 is 0 Å². The van der Waals surface area contributed by atoms with E-state index in [1.807, 2.05) is 31.2 Å². The minimum Gasteiger partial charge on any atom is -0.326 e. The Balaban J connectivity index is 2.31. The first-order valence-electron chi connectivity index (χ1n) is 6.69. The van der Waals surface area contributed by atoms with Crippen molar-refractivity contribution in [2.45, 2.75) is 44.7 Å². The van der Waals surface area contributed by atoms with E-state index in [0.717, 1.165) is 24.7 Å². The van der Waals surface area contributed by atoms with E-state index in [9.17, 15) is 9.59 Å². The number of benzene rings is 1. The van der Waals surface area contributed by atoms with Gasteiger partial charge in [0.05, 0.1) is 12.1 Å². The summed E-state index contributed by atoms with van der Waals surface area (Å²) in [6.45, 7) is 1.93. The largest absolute Gasteiger partial charge is 0.326 e. The molecule has 0 unspecified atom stereocenters. The lowest BCUT2D eigenvalue weighted by molar-refractivity contribution is -0.142. The lowest BCUT2D eigenvalue weighted by atomic mass is 9.93. The van der Waals surface area contributed by atoms with Crippen LogP contribution in [-0.2, 0) is 9.59 Å². The lowest BCUT2D eigenvalue weighted by Gasteiger charge is -2.39. The fraction of sp³-hybridized carbons (Fsp3) is 0.467. The van der Waals surface area contributed by atoms with Gasteiger partial charge in [-0.2, -0.15) is 0 Å². The van der Waals surface area contributed by atoms with Crippen molar-refractivity contribution >= 4 is 23.8 Å². The molecule has 3 nitrogen and oxygen atoms in total. The number of rotatable bonds is 4. The minimum atomic E-state index is -0.325. The van der Waals surface area contributed by atoms with E-state index >= 15 is 0 Å². The Bertz CT molecular complexity index is 458. The zero-order valence-corrected chi connectivity index (χ0v) is 11.8. The van der Waals surface area contributed by atoms with Crippen molar-refractivity contribution in [3.05, 3.63) is 34.9 Å². The normalized spacial score (nSPS) is 21.3. The van der Waals surface area contributed by atoms with Gasteiger partial charge in [-0.05, 0) is 37.0 Å². The Hall–Kier alpha value is -1.35. The van der Waals surface area contributed by atoms with Gasteiger partial charge in [-0.25, -0.2) is 0 Å². The molecule has 0 radical (unpaired) electrons. The van der Waals surface area contributed by atoms with Crippen molar-refractivity contribution in [1.82, 2.24) is 4.90 Å². The van der Waals surface area contributed by atoms with E-state index in [1.165, 1.54) is 0 Å². The number of likely N-dealkylation sites (tertiary alicyclic amines) is 1. The number of hydrogen-bond acceptors (Lipinski definition) is 2. The number of halogens is 1. The van der Waals surface area contributed by atoms with Crippen LogP contribution >= 0.6 is 11.6 Å². The minimum absolute atomic E-state index is 0.00586. The van der Waals surface area contributed by atoms with Gasteiger partial charge in [-0.15, -0.1) is 0 Å². The van der Waals surface area contributed by atoms with E-state index in [0.29, 0.717) is 17.9 Å². The summed E-state index contributed by atoms with van der Waals surface area (Å²) in [6.07, 6.45) is 3.84. The highest BCUT2D eigenvalue weighted by Crippen LogP contribution is 2.34. The first kappa shape index (κ1) is 14.1. The fourth-order valence-electron chi connectivity index (χ4n) is 2.68. The van der Waals surface area contributed by atoms with E-state index in [-0.39, 0.29) is 18.0 Å². The second-order valence-electron chi connectivity index (χ2n) is 4.87. The molecule has 2 rings (SSSR count). The summed E-state index contributed by atoms with van der Waals surface area (Å²) in [5.41, 5.74) is 1.05. The second-order valence-corrected chi connectivity index (χ2v) is 5.31. The molecule has 102 valence electrons. The number of piperidine rings is 1. The molecule has 0 saturated carbocycles. The van der Waals surface area contributed by atoms with Crippen LogP contribution in [0.4, 0.5) is 0 Å². The Morgan fingerprint density at radius 1 is 1.42 bits per heavy atom. The van der Waals surface area contributed by atoms with Gasteiger partial charge >= 0.3 is 0 Å². The van der Waals surface area contributed by atoms with Crippen molar-refractivity contribution in [3.8, 4) is 0 Å². The number of hydrogen-bond donors (Lipinski definition) is 0. The summed E-state index contributed by atoms with van der Waals surface area (Å²) in [5, 5.41) is 0.680. The van der Waals surface area contributed by atoms with Gasteiger partial charge in [-0.3, -0.25) is 4.79 Å². The topological polar surface area (TPSA) is 37.4 Å². The zero-order chi connectivity index (χ0) is 13.8. The summed E-state index contributed by atoms with van der Waals surface area (Å²) in [4.78, 5) is 25.1. The van der Waals surface area contributed by atoms with Crippen molar-refractivity contribution in [2.75, 3.05) is 0 Å². The number of nitrogens with zero attached hydrogens (tertiary/aromatic N) is 1. The van der Waals surface area contributed by atoms with Crippen LogP contribution in [0.25, 0.3) is 0 Å². The molecule has 0 bridgehead atoms. The van der Waals surface area contributed by atoms with Gasteiger partial charge < -0.3 is 9.69 Å². The van der Waals surface area contributed by atoms with Crippen LogP contribution in [0.1, 0.15) is 44.2 Å². The van der Waals surface area contributed by atoms with Crippen molar-refractivity contribution in [1.29, 1.82) is 0 Å². The van der Waals surface area contributed by atoms with Gasteiger partial charge in [0.25, 0.3) is 0 Å². The highest BCUT2D eigenvalue weighted by Gasteiger charge is 2.33. The molecule has 0 aromatic heterocycles. The average molecular weight is 280 g/mol. The van der Waals surface area contributed by atoms with Crippen LogP contribution in [0.15, 0.2) is 24.3 Å². The Morgan fingerprint density at radius 3 is 2.68 bits per heavy atom. The molecule has 1 heterocycles. The number of amides is 1. The quantitative estimate of drug-likeness (QED) is 0.793. The Labute approximate surface area is 118 Å². The van der Waals surface area contributed by atoms with Gasteiger partial charge in [0.2, 0.25) is 5.91 Å². The summed E-state index contributed by atoms with van der Waals surface area (Å²) < 4.78 is 0. The smallest absolute Gasteiger partial charge is 0.223 e. The average Bonchev–Trinajstić information content (AvgIpc) is 2.43. The maximum Gasteiger partial charge on any atom is 0.223 e. The van der Waals surface area contributed by atoms with Crippen molar-refractivity contribution in [3.63, 3.8) is 0 Å². The van der Waals surface area contributed by atoms with Crippen molar-refractivity contribution in [2.24, 2.45) is 0 Å². The zero-order valence-electron chi connectivity index (χ0n) is 11.0.